The van der Waals surface area contributed by atoms with Crippen molar-refractivity contribution in [2.45, 2.75) is 18.7 Å². The Bertz CT molecular complexity index is 327. The zero-order valence-electron chi connectivity index (χ0n) is 7.83. The van der Waals surface area contributed by atoms with Crippen molar-refractivity contribution in [3.05, 3.63) is 29.6 Å². The zero-order valence-corrected chi connectivity index (χ0v) is 7.83. The van der Waals surface area contributed by atoms with Crippen LogP contribution in [-0.2, 0) is 12.6 Å². The molecule has 6 heteroatoms. The van der Waals surface area contributed by atoms with E-state index in [9.17, 15) is 18.3 Å². The van der Waals surface area contributed by atoms with Crippen LogP contribution in [0.1, 0.15) is 11.3 Å². The molecule has 0 radical (unpaired) electrons. The van der Waals surface area contributed by atoms with Crippen LogP contribution in [0, 0.1) is 0 Å². The van der Waals surface area contributed by atoms with E-state index in [0.717, 1.165) is 6.20 Å². The fourth-order valence-corrected chi connectivity index (χ4v) is 1.20. The van der Waals surface area contributed by atoms with E-state index in [0.29, 0.717) is 0 Å². The molecule has 3 N–H and O–H groups in total. The van der Waals surface area contributed by atoms with Crippen molar-refractivity contribution in [1.82, 2.24) is 4.98 Å². The number of hydrogen-bond donors (Lipinski definition) is 2. The van der Waals surface area contributed by atoms with Gasteiger partial charge in [-0.05, 0) is 11.6 Å². The fourth-order valence-electron chi connectivity index (χ4n) is 1.20. The summed E-state index contributed by atoms with van der Waals surface area (Å²) in [4.78, 5) is 3.26. The summed E-state index contributed by atoms with van der Waals surface area (Å²) in [7, 11) is 0. The highest BCUT2D eigenvalue weighted by Crippen LogP contribution is 2.30. The maximum absolute atomic E-state index is 12.4. The number of pyridine rings is 1. The third kappa shape index (κ3) is 3.17. The normalized spacial score (nSPS) is 13.9. The smallest absolute Gasteiger partial charge is 0.391 e. The van der Waals surface area contributed by atoms with Gasteiger partial charge in [0.1, 0.15) is 5.69 Å². The highest BCUT2D eigenvalue weighted by Gasteiger charge is 2.35. The van der Waals surface area contributed by atoms with Gasteiger partial charge in [-0.15, -0.1) is 0 Å². The molecule has 0 aliphatic heterocycles. The lowest BCUT2D eigenvalue weighted by molar-refractivity contribution is -0.141. The Morgan fingerprint density at radius 2 is 2.13 bits per heavy atom. The summed E-state index contributed by atoms with van der Waals surface area (Å²) in [6.07, 6.45) is -4.54. The largest absolute Gasteiger partial charge is 0.433 e. The molecule has 1 aromatic heterocycles. The van der Waals surface area contributed by atoms with Crippen LogP contribution in [0.3, 0.4) is 0 Å². The highest BCUT2D eigenvalue weighted by atomic mass is 19.4. The van der Waals surface area contributed by atoms with Gasteiger partial charge in [-0.2, -0.15) is 13.2 Å². The van der Waals surface area contributed by atoms with E-state index >= 15 is 0 Å². The van der Waals surface area contributed by atoms with Crippen molar-refractivity contribution in [3.8, 4) is 0 Å². The minimum absolute atomic E-state index is 0.0389. The third-order valence-corrected chi connectivity index (χ3v) is 1.89. The molecule has 0 bridgehead atoms. The Morgan fingerprint density at radius 3 is 2.67 bits per heavy atom. The Morgan fingerprint density at radius 1 is 1.47 bits per heavy atom. The van der Waals surface area contributed by atoms with Gasteiger partial charge in [0.15, 0.2) is 0 Å². The Labute approximate surface area is 84.7 Å². The van der Waals surface area contributed by atoms with E-state index in [4.69, 9.17) is 5.73 Å². The van der Waals surface area contributed by atoms with Gasteiger partial charge in [-0.3, -0.25) is 4.98 Å². The fraction of sp³-hybridized carbons (Fsp3) is 0.444. The maximum atomic E-state index is 12.4. The van der Waals surface area contributed by atoms with Gasteiger partial charge in [-0.25, -0.2) is 0 Å². The van der Waals surface area contributed by atoms with E-state index in [1.165, 1.54) is 12.1 Å². The molecule has 3 nitrogen and oxygen atoms in total. The van der Waals surface area contributed by atoms with Crippen LogP contribution in [-0.4, -0.2) is 22.7 Å². The van der Waals surface area contributed by atoms with Crippen molar-refractivity contribution in [1.29, 1.82) is 0 Å². The molecule has 0 fully saturated rings. The summed E-state index contributed by atoms with van der Waals surface area (Å²) < 4.78 is 37.3. The zero-order chi connectivity index (χ0) is 11.5. The number of hydrogen-bond acceptors (Lipinski definition) is 3. The first-order valence-corrected chi connectivity index (χ1v) is 4.34. The first-order chi connectivity index (χ1) is 6.95. The predicted octanol–water partition coefficient (Wildman–Crippen LogP) is 0.962. The number of aliphatic hydroxyl groups is 1. The topological polar surface area (TPSA) is 59.1 Å². The molecule has 0 saturated carbocycles. The van der Waals surface area contributed by atoms with Gasteiger partial charge in [0.05, 0.1) is 6.10 Å². The molecule has 1 aromatic rings. The van der Waals surface area contributed by atoms with Gasteiger partial charge >= 0.3 is 6.18 Å². The summed E-state index contributed by atoms with van der Waals surface area (Å²) in [5, 5.41) is 9.18. The summed E-state index contributed by atoms with van der Waals surface area (Å²) >= 11 is 0. The molecule has 0 aromatic carbocycles. The van der Waals surface area contributed by atoms with Gasteiger partial charge in [-0.1, -0.05) is 6.07 Å². The van der Waals surface area contributed by atoms with Crippen LogP contribution in [0.4, 0.5) is 13.2 Å². The third-order valence-electron chi connectivity index (χ3n) is 1.89. The molecular weight excluding hydrogens is 209 g/mol. The summed E-state index contributed by atoms with van der Waals surface area (Å²) in [6, 6.07) is 2.68. The number of nitrogens with zero attached hydrogens (tertiary/aromatic N) is 1. The number of halogens is 3. The molecule has 15 heavy (non-hydrogen) atoms. The molecule has 84 valence electrons. The van der Waals surface area contributed by atoms with Gasteiger partial charge < -0.3 is 10.8 Å². The van der Waals surface area contributed by atoms with Crippen molar-refractivity contribution in [2.75, 3.05) is 6.54 Å². The van der Waals surface area contributed by atoms with Crippen molar-refractivity contribution in [3.63, 3.8) is 0 Å². The van der Waals surface area contributed by atoms with Crippen LogP contribution in [0.15, 0.2) is 18.3 Å². The average molecular weight is 220 g/mol. The van der Waals surface area contributed by atoms with Gasteiger partial charge in [0.25, 0.3) is 0 Å². The number of aromatic nitrogens is 1. The number of alkyl halides is 3. The van der Waals surface area contributed by atoms with Crippen molar-refractivity contribution in [2.24, 2.45) is 5.73 Å². The first kappa shape index (κ1) is 11.9. The molecule has 0 amide bonds. The molecule has 0 aliphatic carbocycles. The minimum atomic E-state index is -4.50. The standard InChI is InChI=1S/C9H11F3N2O/c10-9(11,12)8-6(2-1-3-14-8)4-7(15)5-13/h1-3,7,15H,4-5,13H2. The quantitative estimate of drug-likeness (QED) is 0.797. The Hall–Kier alpha value is -1.14. The van der Waals surface area contributed by atoms with Crippen LogP contribution < -0.4 is 5.73 Å². The highest BCUT2D eigenvalue weighted by molar-refractivity contribution is 5.23. The van der Waals surface area contributed by atoms with Crippen LogP contribution >= 0.6 is 0 Å². The Kier molecular flexibility index (Phi) is 3.65. The number of aliphatic hydroxyl groups excluding tert-OH is 1. The van der Waals surface area contributed by atoms with Crippen molar-refractivity contribution < 1.29 is 18.3 Å². The van der Waals surface area contributed by atoms with E-state index in [2.05, 4.69) is 4.98 Å². The van der Waals surface area contributed by atoms with Crippen molar-refractivity contribution >= 4 is 0 Å². The Balaban J connectivity index is 2.97. The van der Waals surface area contributed by atoms with Crippen LogP contribution in [0.25, 0.3) is 0 Å². The SMILES string of the molecule is NCC(O)Cc1cccnc1C(F)(F)F. The summed E-state index contributed by atoms with van der Waals surface area (Å²) in [5.41, 5.74) is 4.13. The lowest BCUT2D eigenvalue weighted by Gasteiger charge is -2.13. The molecule has 0 saturated heterocycles. The molecular formula is C9H11F3N2O. The van der Waals surface area contributed by atoms with Crippen LogP contribution in [0.5, 0.6) is 0 Å². The number of rotatable bonds is 3. The molecule has 1 unspecified atom stereocenters. The van der Waals surface area contributed by atoms with E-state index < -0.39 is 18.0 Å². The summed E-state index contributed by atoms with van der Waals surface area (Å²) in [6.45, 7) is -0.0772. The van der Waals surface area contributed by atoms with E-state index in [-0.39, 0.29) is 18.5 Å². The van der Waals surface area contributed by atoms with E-state index in [1.54, 1.807) is 0 Å². The first-order valence-electron chi connectivity index (χ1n) is 4.34. The van der Waals surface area contributed by atoms with Gasteiger partial charge in [0, 0.05) is 19.2 Å². The second-order valence-electron chi connectivity index (χ2n) is 3.10. The predicted molar refractivity (Wildman–Crippen MR) is 48.0 cm³/mol. The van der Waals surface area contributed by atoms with E-state index in [1.807, 2.05) is 0 Å². The molecule has 0 aliphatic rings. The van der Waals surface area contributed by atoms with Gasteiger partial charge in [0.2, 0.25) is 0 Å². The monoisotopic (exact) mass is 220 g/mol. The second kappa shape index (κ2) is 4.59. The lowest BCUT2D eigenvalue weighted by atomic mass is 10.1. The molecule has 0 spiro atoms. The minimum Gasteiger partial charge on any atom is -0.391 e. The van der Waals surface area contributed by atoms with Crippen LogP contribution in [0.2, 0.25) is 0 Å². The molecule has 1 heterocycles. The molecule has 1 rings (SSSR count). The number of nitrogens with two attached hydrogens (primary N) is 1. The second-order valence-corrected chi connectivity index (χ2v) is 3.10. The lowest BCUT2D eigenvalue weighted by Crippen LogP contribution is -2.24. The summed E-state index contributed by atoms with van der Waals surface area (Å²) in [5.74, 6) is 0. The average Bonchev–Trinajstić information content (AvgIpc) is 2.17. The maximum Gasteiger partial charge on any atom is 0.433 e. The molecule has 1 atom stereocenters.